The summed E-state index contributed by atoms with van der Waals surface area (Å²) in [4.78, 5) is 0. The van der Waals surface area contributed by atoms with Gasteiger partial charge in [-0.2, -0.15) is 0 Å². The molecule has 2 aromatic rings. The van der Waals surface area contributed by atoms with Gasteiger partial charge in [-0.15, -0.1) is 0 Å². The van der Waals surface area contributed by atoms with Gasteiger partial charge in [-0.3, -0.25) is 5.09 Å². The number of hydrogen-bond donors (Lipinski definition) is 1. The Kier molecular flexibility index (Phi) is 8.36. The molecule has 0 aliphatic carbocycles. The standard InChI is InChI=1S/C25H36NP/c1-3-5-10-21-13-15-23(16-14-21)25-18-17-24(27(25)26-19-6-4-2)20-22-11-8-7-9-12-22/h7-9,11-16,24-26H,3-6,10,17-20H2,1-2H3/t24-,25-,27?/m0/s1. The van der Waals surface area contributed by atoms with E-state index in [1.807, 2.05) is 0 Å². The van der Waals surface area contributed by atoms with Crippen molar-refractivity contribution < 1.29 is 0 Å². The van der Waals surface area contributed by atoms with E-state index in [1.165, 1.54) is 69.0 Å². The number of aryl methyl sites for hydroxylation is 1. The lowest BCUT2D eigenvalue weighted by molar-refractivity contribution is 0.732. The molecule has 2 heteroatoms. The molecule has 27 heavy (non-hydrogen) atoms. The van der Waals surface area contributed by atoms with Gasteiger partial charge in [0, 0.05) is 5.66 Å². The summed E-state index contributed by atoms with van der Waals surface area (Å²) in [7, 11) is -0.154. The SMILES string of the molecule is CCCCNP1[C@H](Cc2ccccc2)CC[C@H]1c1ccc(CCCC)cc1. The molecule has 3 atom stereocenters. The Morgan fingerprint density at radius 2 is 1.59 bits per heavy atom. The van der Waals surface area contributed by atoms with E-state index in [9.17, 15) is 0 Å². The highest BCUT2D eigenvalue weighted by Crippen LogP contribution is 2.61. The predicted octanol–water partition coefficient (Wildman–Crippen LogP) is 7.26. The van der Waals surface area contributed by atoms with Gasteiger partial charge in [0.1, 0.15) is 0 Å². The van der Waals surface area contributed by atoms with Crippen molar-refractivity contribution in [3.8, 4) is 0 Å². The Labute approximate surface area is 167 Å². The summed E-state index contributed by atoms with van der Waals surface area (Å²) in [5.74, 6) is 0. The summed E-state index contributed by atoms with van der Waals surface area (Å²) in [6.45, 7) is 5.74. The normalized spacial score (nSPS) is 22.2. The Bertz CT molecular complexity index is 652. The predicted molar refractivity (Wildman–Crippen MR) is 121 cm³/mol. The van der Waals surface area contributed by atoms with Crippen molar-refractivity contribution in [1.29, 1.82) is 0 Å². The maximum Gasteiger partial charge on any atom is 0.0175 e. The van der Waals surface area contributed by atoms with E-state index >= 15 is 0 Å². The fourth-order valence-corrected chi connectivity index (χ4v) is 7.37. The maximum absolute atomic E-state index is 4.02. The molecule has 3 rings (SSSR count). The van der Waals surface area contributed by atoms with E-state index in [1.54, 1.807) is 5.56 Å². The molecule has 1 nitrogen and oxygen atoms in total. The topological polar surface area (TPSA) is 12.0 Å². The minimum absolute atomic E-state index is 0.154. The highest BCUT2D eigenvalue weighted by atomic mass is 31.1. The molecule has 146 valence electrons. The average molecular weight is 382 g/mol. The summed E-state index contributed by atoms with van der Waals surface area (Å²) in [5, 5.41) is 4.02. The van der Waals surface area contributed by atoms with Gasteiger partial charge in [0.15, 0.2) is 0 Å². The first-order valence-corrected chi connectivity index (χ1v) is 12.4. The first-order chi connectivity index (χ1) is 13.3. The van der Waals surface area contributed by atoms with Crippen LogP contribution in [0.4, 0.5) is 0 Å². The van der Waals surface area contributed by atoms with E-state index in [2.05, 4.69) is 73.5 Å². The van der Waals surface area contributed by atoms with Crippen molar-refractivity contribution >= 4 is 8.07 Å². The molecule has 1 unspecified atom stereocenters. The van der Waals surface area contributed by atoms with Gasteiger partial charge in [0.2, 0.25) is 0 Å². The zero-order valence-corrected chi connectivity index (χ0v) is 18.1. The third-order valence-corrected chi connectivity index (χ3v) is 8.87. The molecule has 0 radical (unpaired) electrons. The summed E-state index contributed by atoms with van der Waals surface area (Å²) in [5.41, 5.74) is 6.11. The van der Waals surface area contributed by atoms with E-state index in [0.29, 0.717) is 0 Å². The lowest BCUT2D eigenvalue weighted by Gasteiger charge is -2.27. The molecule has 0 amide bonds. The first kappa shape index (κ1) is 20.6. The zero-order chi connectivity index (χ0) is 18.9. The van der Waals surface area contributed by atoms with Crippen molar-refractivity contribution in [2.75, 3.05) is 6.54 Å². The van der Waals surface area contributed by atoms with Crippen molar-refractivity contribution in [2.45, 2.75) is 76.5 Å². The van der Waals surface area contributed by atoms with E-state index < -0.39 is 0 Å². The summed E-state index contributed by atoms with van der Waals surface area (Å²) in [6.07, 6.45) is 10.3. The number of rotatable bonds is 10. The number of unbranched alkanes of at least 4 members (excludes halogenated alkanes) is 2. The van der Waals surface area contributed by atoms with Crippen LogP contribution < -0.4 is 5.09 Å². The molecule has 1 fully saturated rings. The van der Waals surface area contributed by atoms with Crippen LogP contribution in [0.2, 0.25) is 0 Å². The van der Waals surface area contributed by atoms with Gasteiger partial charge in [-0.1, -0.05) is 81.3 Å². The molecule has 1 aliphatic heterocycles. The Morgan fingerprint density at radius 1 is 0.852 bits per heavy atom. The number of benzene rings is 2. The van der Waals surface area contributed by atoms with Crippen LogP contribution >= 0.6 is 8.07 Å². The fourth-order valence-electron chi connectivity index (χ4n) is 4.21. The van der Waals surface area contributed by atoms with Crippen LogP contribution in [0.1, 0.15) is 74.7 Å². The molecule has 1 N–H and O–H groups in total. The van der Waals surface area contributed by atoms with Crippen molar-refractivity contribution in [3.05, 3.63) is 71.3 Å². The van der Waals surface area contributed by atoms with E-state index in [4.69, 9.17) is 0 Å². The smallest absolute Gasteiger partial charge is 0.0175 e. The summed E-state index contributed by atoms with van der Waals surface area (Å²) >= 11 is 0. The van der Waals surface area contributed by atoms with Gasteiger partial charge in [0.25, 0.3) is 0 Å². The van der Waals surface area contributed by atoms with Crippen LogP contribution in [0.15, 0.2) is 54.6 Å². The molecule has 0 bridgehead atoms. The lowest BCUT2D eigenvalue weighted by Crippen LogP contribution is -2.18. The van der Waals surface area contributed by atoms with Crippen molar-refractivity contribution in [2.24, 2.45) is 0 Å². The van der Waals surface area contributed by atoms with Gasteiger partial charge < -0.3 is 0 Å². The maximum atomic E-state index is 4.02. The van der Waals surface area contributed by atoms with Crippen LogP contribution in [-0.4, -0.2) is 12.2 Å². The molecule has 0 aromatic heterocycles. The van der Waals surface area contributed by atoms with Gasteiger partial charge >= 0.3 is 0 Å². The molecular weight excluding hydrogens is 345 g/mol. The Morgan fingerprint density at radius 3 is 2.30 bits per heavy atom. The van der Waals surface area contributed by atoms with E-state index in [0.717, 1.165) is 11.3 Å². The third kappa shape index (κ3) is 5.90. The van der Waals surface area contributed by atoms with Crippen molar-refractivity contribution in [1.82, 2.24) is 5.09 Å². The molecule has 1 aliphatic rings. The van der Waals surface area contributed by atoms with Crippen molar-refractivity contribution in [3.63, 3.8) is 0 Å². The van der Waals surface area contributed by atoms with E-state index in [-0.39, 0.29) is 8.07 Å². The summed E-state index contributed by atoms with van der Waals surface area (Å²) in [6, 6.07) is 20.7. The minimum Gasteiger partial charge on any atom is -0.295 e. The minimum atomic E-state index is -0.154. The third-order valence-electron chi connectivity index (χ3n) is 5.82. The lowest BCUT2D eigenvalue weighted by atomic mass is 10.0. The molecule has 1 saturated heterocycles. The highest BCUT2D eigenvalue weighted by molar-refractivity contribution is 7.57. The van der Waals surface area contributed by atoms with Crippen LogP contribution in [0, 0.1) is 0 Å². The highest BCUT2D eigenvalue weighted by Gasteiger charge is 2.36. The summed E-state index contributed by atoms with van der Waals surface area (Å²) < 4.78 is 0. The fraction of sp³-hybridized carbons (Fsp3) is 0.520. The average Bonchev–Trinajstić information content (AvgIpc) is 3.10. The van der Waals surface area contributed by atoms with Crippen LogP contribution in [0.5, 0.6) is 0 Å². The Balaban J connectivity index is 1.70. The van der Waals surface area contributed by atoms with Gasteiger partial charge in [0.05, 0.1) is 0 Å². The molecule has 2 aromatic carbocycles. The molecular formula is C25H36NP. The molecule has 1 heterocycles. The van der Waals surface area contributed by atoms with Crippen LogP contribution in [0.25, 0.3) is 0 Å². The van der Waals surface area contributed by atoms with Gasteiger partial charge in [-0.05, 0) is 75.5 Å². The van der Waals surface area contributed by atoms with Gasteiger partial charge in [-0.25, -0.2) is 0 Å². The number of hydrogen-bond acceptors (Lipinski definition) is 1. The molecule has 0 saturated carbocycles. The van der Waals surface area contributed by atoms with Crippen LogP contribution in [-0.2, 0) is 12.8 Å². The number of nitrogens with one attached hydrogen (secondary N) is 1. The molecule has 0 spiro atoms. The van der Waals surface area contributed by atoms with Crippen LogP contribution in [0.3, 0.4) is 0 Å². The quantitative estimate of drug-likeness (QED) is 0.337. The second-order valence-corrected chi connectivity index (χ2v) is 10.4. The Hall–Kier alpha value is -1.17. The first-order valence-electron chi connectivity index (χ1n) is 11.0. The zero-order valence-electron chi connectivity index (χ0n) is 17.2. The monoisotopic (exact) mass is 381 g/mol. The second-order valence-electron chi connectivity index (χ2n) is 7.95. The largest absolute Gasteiger partial charge is 0.295 e. The second kappa shape index (κ2) is 11.0.